The summed E-state index contributed by atoms with van der Waals surface area (Å²) in [5, 5.41) is 11.6. The van der Waals surface area contributed by atoms with Gasteiger partial charge in [0, 0.05) is 26.6 Å². The van der Waals surface area contributed by atoms with Gasteiger partial charge in [0.2, 0.25) is 5.91 Å². The molecule has 0 aromatic rings. The molecular weight excluding hydrogens is 236 g/mol. The van der Waals surface area contributed by atoms with Gasteiger partial charge in [0.1, 0.15) is 5.60 Å². The molecule has 0 spiro atoms. The molecule has 6 nitrogen and oxygen atoms in total. The first-order valence-corrected chi connectivity index (χ1v) is 6.00. The first-order valence-electron chi connectivity index (χ1n) is 6.00. The summed E-state index contributed by atoms with van der Waals surface area (Å²) in [6.07, 6.45) is -0.908. The van der Waals surface area contributed by atoms with Crippen LogP contribution < -0.4 is 5.32 Å². The molecular formula is C12H24N2O4. The molecule has 2 amide bonds. The van der Waals surface area contributed by atoms with Crippen LogP contribution in [-0.2, 0) is 9.53 Å². The van der Waals surface area contributed by atoms with Gasteiger partial charge < -0.3 is 20.1 Å². The molecule has 0 aromatic heterocycles. The molecule has 0 aliphatic carbocycles. The third kappa shape index (κ3) is 8.81. The number of aliphatic hydroxyl groups excluding tert-OH is 1. The highest BCUT2D eigenvalue weighted by atomic mass is 16.6. The molecule has 0 rings (SSSR count). The third-order valence-corrected chi connectivity index (χ3v) is 1.97. The lowest BCUT2D eigenvalue weighted by Crippen LogP contribution is -2.37. The Balaban J connectivity index is 3.84. The van der Waals surface area contributed by atoms with E-state index in [0.29, 0.717) is 0 Å². The van der Waals surface area contributed by atoms with Crippen LogP contribution in [0, 0.1) is 0 Å². The van der Waals surface area contributed by atoms with E-state index in [9.17, 15) is 9.59 Å². The Kier molecular flexibility index (Phi) is 6.68. The smallest absolute Gasteiger partial charge is 0.407 e. The van der Waals surface area contributed by atoms with Gasteiger partial charge in [0.25, 0.3) is 0 Å². The Morgan fingerprint density at radius 3 is 2.39 bits per heavy atom. The zero-order chi connectivity index (χ0) is 14.3. The molecule has 0 aliphatic rings. The van der Waals surface area contributed by atoms with E-state index in [1.54, 1.807) is 34.7 Å². The minimum Gasteiger partial charge on any atom is -0.444 e. The maximum absolute atomic E-state index is 11.6. The first-order chi connectivity index (χ1) is 8.11. The molecule has 0 aromatic carbocycles. The lowest BCUT2D eigenvalue weighted by molar-refractivity contribution is -0.130. The van der Waals surface area contributed by atoms with Crippen LogP contribution >= 0.6 is 0 Å². The van der Waals surface area contributed by atoms with Crippen molar-refractivity contribution in [3.05, 3.63) is 0 Å². The second kappa shape index (κ2) is 7.20. The number of likely N-dealkylation sites (N-methyl/N-ethyl adjacent to an activating group) is 1. The van der Waals surface area contributed by atoms with Gasteiger partial charge in [-0.3, -0.25) is 4.79 Å². The zero-order valence-electron chi connectivity index (χ0n) is 11.8. The van der Waals surface area contributed by atoms with Gasteiger partial charge >= 0.3 is 6.09 Å². The fourth-order valence-electron chi connectivity index (χ4n) is 1.27. The predicted molar refractivity (Wildman–Crippen MR) is 68.2 cm³/mol. The summed E-state index contributed by atoms with van der Waals surface area (Å²) in [7, 11) is 1.61. The van der Waals surface area contributed by atoms with Crippen LogP contribution in [0.4, 0.5) is 4.79 Å². The Labute approximate surface area is 108 Å². The van der Waals surface area contributed by atoms with Gasteiger partial charge in [-0.15, -0.1) is 0 Å². The van der Waals surface area contributed by atoms with Crippen molar-refractivity contribution < 1.29 is 19.4 Å². The van der Waals surface area contributed by atoms with Crippen molar-refractivity contribution in [2.75, 3.05) is 20.1 Å². The molecule has 0 heterocycles. The summed E-state index contributed by atoms with van der Waals surface area (Å²) < 4.78 is 5.03. The van der Waals surface area contributed by atoms with Gasteiger partial charge in [-0.05, 0) is 27.7 Å². The van der Waals surface area contributed by atoms with Crippen LogP contribution in [-0.4, -0.2) is 53.8 Å². The van der Waals surface area contributed by atoms with E-state index in [2.05, 4.69) is 5.32 Å². The van der Waals surface area contributed by atoms with Crippen molar-refractivity contribution in [2.45, 2.75) is 45.8 Å². The van der Waals surface area contributed by atoms with Crippen LogP contribution in [0.1, 0.15) is 34.1 Å². The van der Waals surface area contributed by atoms with Gasteiger partial charge in [0.15, 0.2) is 0 Å². The monoisotopic (exact) mass is 260 g/mol. The second-order valence-electron chi connectivity index (χ2n) is 5.30. The van der Waals surface area contributed by atoms with E-state index >= 15 is 0 Å². The summed E-state index contributed by atoms with van der Waals surface area (Å²) in [6.45, 7) is 7.43. The number of amides is 2. The zero-order valence-corrected chi connectivity index (χ0v) is 11.8. The number of ether oxygens (including phenoxy) is 1. The van der Waals surface area contributed by atoms with Crippen LogP contribution in [0.5, 0.6) is 0 Å². The van der Waals surface area contributed by atoms with Crippen molar-refractivity contribution in [1.82, 2.24) is 10.2 Å². The van der Waals surface area contributed by atoms with Crippen molar-refractivity contribution in [2.24, 2.45) is 0 Å². The second-order valence-corrected chi connectivity index (χ2v) is 5.30. The summed E-state index contributed by atoms with van der Waals surface area (Å²) in [6, 6.07) is 0. The Morgan fingerprint density at radius 1 is 1.39 bits per heavy atom. The average molecular weight is 260 g/mol. The predicted octanol–water partition coefficient (Wildman–Crippen LogP) is 0.740. The molecule has 0 bridgehead atoms. The van der Waals surface area contributed by atoms with E-state index in [-0.39, 0.29) is 25.4 Å². The number of hydrogen-bond donors (Lipinski definition) is 2. The molecule has 18 heavy (non-hydrogen) atoms. The lowest BCUT2D eigenvalue weighted by atomic mass is 10.2. The SMILES string of the molecule is C[C@H](O)CN(C)C(=O)CCNC(=O)OC(C)(C)C. The molecule has 106 valence electrons. The summed E-state index contributed by atoms with van der Waals surface area (Å²) in [5.41, 5.74) is -0.544. The third-order valence-electron chi connectivity index (χ3n) is 1.97. The molecule has 0 aliphatic heterocycles. The van der Waals surface area contributed by atoms with Crippen LogP contribution in [0.25, 0.3) is 0 Å². The molecule has 0 saturated heterocycles. The van der Waals surface area contributed by atoms with Crippen LogP contribution in [0.15, 0.2) is 0 Å². The number of carbonyl (C=O) groups excluding carboxylic acids is 2. The molecule has 2 N–H and O–H groups in total. The molecule has 1 atom stereocenters. The lowest BCUT2D eigenvalue weighted by Gasteiger charge is -2.21. The summed E-state index contributed by atoms with van der Waals surface area (Å²) in [4.78, 5) is 24.3. The highest BCUT2D eigenvalue weighted by Crippen LogP contribution is 2.06. The van der Waals surface area contributed by atoms with Gasteiger partial charge in [-0.1, -0.05) is 0 Å². The maximum Gasteiger partial charge on any atom is 0.407 e. The van der Waals surface area contributed by atoms with E-state index in [1.165, 1.54) is 4.90 Å². The summed E-state index contributed by atoms with van der Waals surface area (Å²) in [5.74, 6) is -0.132. The van der Waals surface area contributed by atoms with Crippen molar-refractivity contribution >= 4 is 12.0 Å². The molecule has 0 saturated carbocycles. The normalized spacial score (nSPS) is 12.8. The maximum atomic E-state index is 11.6. The van der Waals surface area contributed by atoms with E-state index < -0.39 is 17.8 Å². The average Bonchev–Trinajstić information content (AvgIpc) is 2.13. The standard InChI is InChI=1S/C12H24N2O4/c1-9(15)8-14(5)10(16)6-7-13-11(17)18-12(2,3)4/h9,15H,6-8H2,1-5H3,(H,13,17)/t9-/m0/s1. The number of hydrogen-bond acceptors (Lipinski definition) is 4. The highest BCUT2D eigenvalue weighted by molar-refractivity contribution is 5.77. The number of nitrogens with zero attached hydrogens (tertiary/aromatic N) is 1. The fraction of sp³-hybridized carbons (Fsp3) is 0.833. The number of rotatable bonds is 5. The Bertz CT molecular complexity index is 284. The topological polar surface area (TPSA) is 78.9 Å². The van der Waals surface area contributed by atoms with Gasteiger partial charge in [0.05, 0.1) is 6.10 Å². The Morgan fingerprint density at radius 2 is 1.94 bits per heavy atom. The first kappa shape index (κ1) is 16.7. The summed E-state index contributed by atoms with van der Waals surface area (Å²) >= 11 is 0. The van der Waals surface area contributed by atoms with E-state index in [1.807, 2.05) is 0 Å². The van der Waals surface area contributed by atoms with E-state index in [0.717, 1.165) is 0 Å². The fourth-order valence-corrected chi connectivity index (χ4v) is 1.27. The quantitative estimate of drug-likeness (QED) is 0.764. The van der Waals surface area contributed by atoms with E-state index in [4.69, 9.17) is 9.84 Å². The number of aliphatic hydroxyl groups is 1. The minimum absolute atomic E-state index is 0.132. The molecule has 0 fully saturated rings. The molecule has 6 heteroatoms. The van der Waals surface area contributed by atoms with Gasteiger partial charge in [-0.2, -0.15) is 0 Å². The molecule has 0 unspecified atom stereocenters. The van der Waals surface area contributed by atoms with Crippen molar-refractivity contribution in [3.8, 4) is 0 Å². The highest BCUT2D eigenvalue weighted by Gasteiger charge is 2.16. The van der Waals surface area contributed by atoms with Crippen LogP contribution in [0.3, 0.4) is 0 Å². The molecule has 0 radical (unpaired) electrons. The van der Waals surface area contributed by atoms with Gasteiger partial charge in [-0.25, -0.2) is 4.79 Å². The largest absolute Gasteiger partial charge is 0.444 e. The van der Waals surface area contributed by atoms with Crippen molar-refractivity contribution in [3.63, 3.8) is 0 Å². The van der Waals surface area contributed by atoms with Crippen LogP contribution in [0.2, 0.25) is 0 Å². The number of nitrogens with one attached hydrogen (secondary N) is 1. The Hall–Kier alpha value is -1.30. The van der Waals surface area contributed by atoms with Crippen molar-refractivity contribution in [1.29, 1.82) is 0 Å². The number of carbonyl (C=O) groups is 2. The number of alkyl carbamates (subject to hydrolysis) is 1. The minimum atomic E-state index is -0.558.